The molecule has 1 aliphatic heterocycles. The average molecular weight is 570 g/mol. The number of rotatable bonds is 12. The van der Waals surface area contributed by atoms with Crippen LogP contribution in [0.5, 0.6) is 17.2 Å². The van der Waals surface area contributed by atoms with Crippen LogP contribution in [-0.2, 0) is 24.8 Å². The van der Waals surface area contributed by atoms with E-state index < -0.39 is 32.0 Å². The summed E-state index contributed by atoms with van der Waals surface area (Å²) in [5.41, 5.74) is 0.253. The van der Waals surface area contributed by atoms with E-state index in [1.807, 2.05) is 0 Å². The maximum atomic E-state index is 12.8. The molecular weight excluding hydrogens is 534 g/mol. The van der Waals surface area contributed by atoms with E-state index in [1.54, 1.807) is 18.2 Å². The molecule has 2 aromatic rings. The first kappa shape index (κ1) is 29.5. The number of piperidine rings is 1. The predicted octanol–water partition coefficient (Wildman–Crippen LogP) is 2.23. The van der Waals surface area contributed by atoms with E-state index in [4.69, 9.17) is 14.2 Å². The Morgan fingerprint density at radius 1 is 0.974 bits per heavy atom. The van der Waals surface area contributed by atoms with E-state index in [1.165, 1.54) is 49.7 Å². The van der Waals surface area contributed by atoms with Gasteiger partial charge in [0.25, 0.3) is 0 Å². The van der Waals surface area contributed by atoms with Crippen molar-refractivity contribution >= 4 is 31.6 Å². The molecule has 0 spiro atoms. The molecule has 0 aromatic heterocycles. The molecule has 2 aromatic carbocycles. The van der Waals surface area contributed by atoms with Crippen molar-refractivity contribution < 1.29 is 35.8 Å². The molecule has 0 aliphatic carbocycles. The molecule has 1 amide bonds. The van der Waals surface area contributed by atoms with Crippen LogP contribution in [0.25, 0.3) is 0 Å². The van der Waals surface area contributed by atoms with Crippen LogP contribution in [0.15, 0.2) is 47.4 Å². The maximum absolute atomic E-state index is 12.8. The van der Waals surface area contributed by atoms with Gasteiger partial charge < -0.3 is 19.5 Å². The van der Waals surface area contributed by atoms with E-state index >= 15 is 0 Å². The third-order valence-electron chi connectivity index (χ3n) is 6.16. The van der Waals surface area contributed by atoms with Gasteiger partial charge in [0.1, 0.15) is 18.4 Å². The Bertz CT molecular complexity index is 1310. The number of anilines is 1. The summed E-state index contributed by atoms with van der Waals surface area (Å²) in [7, 11) is -4.43. The molecule has 1 atom stereocenters. The number of methoxy groups -OCH3 is 2. The van der Waals surface area contributed by atoms with Gasteiger partial charge in [-0.15, -0.1) is 0 Å². The number of ether oxygens (including phenoxy) is 3. The van der Waals surface area contributed by atoms with Crippen molar-refractivity contribution in [1.29, 1.82) is 0 Å². The highest BCUT2D eigenvalue weighted by atomic mass is 32.2. The number of hydrogen-bond acceptors (Lipinski definition) is 8. The van der Waals surface area contributed by atoms with Crippen LogP contribution in [0.3, 0.4) is 0 Å². The first-order valence-electron chi connectivity index (χ1n) is 12.2. The van der Waals surface area contributed by atoms with Gasteiger partial charge in [-0.05, 0) is 56.2 Å². The molecule has 38 heavy (non-hydrogen) atoms. The van der Waals surface area contributed by atoms with Crippen molar-refractivity contribution in [2.45, 2.75) is 37.1 Å². The van der Waals surface area contributed by atoms with E-state index in [0.29, 0.717) is 30.3 Å². The first-order valence-corrected chi connectivity index (χ1v) is 15.5. The van der Waals surface area contributed by atoms with Gasteiger partial charge in [0.15, 0.2) is 11.5 Å². The summed E-state index contributed by atoms with van der Waals surface area (Å²) in [6, 6.07) is 9.69. The van der Waals surface area contributed by atoms with Gasteiger partial charge in [0, 0.05) is 19.2 Å². The number of carbonyl (C=O) groups excluding carboxylic acids is 1. The summed E-state index contributed by atoms with van der Waals surface area (Å²) >= 11 is 0. The molecule has 3 rings (SSSR count). The Balaban J connectivity index is 1.57. The van der Waals surface area contributed by atoms with Crippen molar-refractivity contribution in [2.75, 3.05) is 51.0 Å². The Morgan fingerprint density at radius 2 is 1.61 bits per heavy atom. The molecule has 1 fully saturated rings. The van der Waals surface area contributed by atoms with Gasteiger partial charge in [-0.3, -0.25) is 9.10 Å². The fraction of sp³-hybridized carbons (Fsp3) is 0.480. The third-order valence-corrected chi connectivity index (χ3v) is 9.31. The number of amides is 1. The Morgan fingerprint density at radius 3 is 2.18 bits per heavy atom. The van der Waals surface area contributed by atoms with Gasteiger partial charge in [-0.2, -0.15) is 4.31 Å². The standard InChI is InChI=1S/C25H35N3O8S2/c1-19(28(37(4,30)31)20-8-13-23(34-2)24(18-20)35-3)25(29)26-14-17-36-21-9-11-22(12-10-21)38(32,33)27-15-6-5-7-16-27/h8-13,18-19H,5-7,14-17H2,1-4H3,(H,26,29). The minimum atomic E-state index is -3.81. The summed E-state index contributed by atoms with van der Waals surface area (Å²) < 4.78 is 69.2. The molecule has 1 N–H and O–H groups in total. The molecule has 1 aliphatic rings. The molecule has 11 nitrogen and oxygen atoms in total. The third kappa shape index (κ3) is 7.08. The molecule has 1 saturated heterocycles. The van der Waals surface area contributed by atoms with Gasteiger partial charge in [-0.1, -0.05) is 6.42 Å². The monoisotopic (exact) mass is 569 g/mol. The quantitative estimate of drug-likeness (QED) is 0.385. The first-order chi connectivity index (χ1) is 18.0. The summed E-state index contributed by atoms with van der Waals surface area (Å²) in [4.78, 5) is 13.0. The smallest absolute Gasteiger partial charge is 0.243 e. The van der Waals surface area contributed by atoms with E-state index in [9.17, 15) is 21.6 Å². The van der Waals surface area contributed by atoms with E-state index in [2.05, 4.69) is 5.32 Å². The minimum Gasteiger partial charge on any atom is -0.493 e. The van der Waals surface area contributed by atoms with Crippen LogP contribution in [0.4, 0.5) is 5.69 Å². The number of carbonyl (C=O) groups is 1. The summed E-state index contributed by atoms with van der Waals surface area (Å²) in [5, 5.41) is 2.68. The van der Waals surface area contributed by atoms with Gasteiger partial charge >= 0.3 is 0 Å². The SMILES string of the molecule is COc1ccc(N(C(C)C(=O)NCCOc2ccc(S(=O)(=O)N3CCCCC3)cc2)S(C)(=O)=O)cc1OC. The predicted molar refractivity (Wildman–Crippen MR) is 144 cm³/mol. The number of nitrogens with zero attached hydrogens (tertiary/aromatic N) is 2. The molecular formula is C25H35N3O8S2. The number of sulfonamides is 2. The number of nitrogens with one attached hydrogen (secondary N) is 1. The largest absolute Gasteiger partial charge is 0.493 e. The summed E-state index contributed by atoms with van der Waals surface area (Å²) in [6.07, 6.45) is 3.78. The second kappa shape index (κ2) is 12.7. The van der Waals surface area contributed by atoms with Crippen molar-refractivity contribution in [1.82, 2.24) is 9.62 Å². The lowest BCUT2D eigenvalue weighted by atomic mass is 10.2. The van der Waals surface area contributed by atoms with Gasteiger partial charge in [0.05, 0.1) is 37.6 Å². The molecule has 210 valence electrons. The van der Waals surface area contributed by atoms with Crippen molar-refractivity contribution in [3.05, 3.63) is 42.5 Å². The highest BCUT2D eigenvalue weighted by molar-refractivity contribution is 7.92. The summed E-state index contributed by atoms with van der Waals surface area (Å²) in [6.45, 7) is 2.75. The maximum Gasteiger partial charge on any atom is 0.243 e. The Hall–Kier alpha value is -3.03. The zero-order chi connectivity index (χ0) is 27.9. The van der Waals surface area contributed by atoms with Crippen LogP contribution >= 0.6 is 0 Å². The van der Waals surface area contributed by atoms with Crippen LogP contribution in [0.1, 0.15) is 26.2 Å². The van der Waals surface area contributed by atoms with Crippen molar-refractivity contribution in [3.8, 4) is 17.2 Å². The second-order valence-corrected chi connectivity index (χ2v) is 12.6. The lowest BCUT2D eigenvalue weighted by molar-refractivity contribution is -0.121. The fourth-order valence-electron chi connectivity index (χ4n) is 4.22. The Labute approximate surface area is 224 Å². The molecule has 0 saturated carbocycles. The molecule has 1 unspecified atom stereocenters. The zero-order valence-corrected chi connectivity index (χ0v) is 23.7. The van der Waals surface area contributed by atoms with Crippen molar-refractivity contribution in [2.24, 2.45) is 0 Å². The number of hydrogen-bond donors (Lipinski definition) is 1. The van der Waals surface area contributed by atoms with Crippen molar-refractivity contribution in [3.63, 3.8) is 0 Å². The fourth-order valence-corrected chi connectivity index (χ4v) is 6.91. The number of benzene rings is 2. The zero-order valence-electron chi connectivity index (χ0n) is 22.0. The second-order valence-electron chi connectivity index (χ2n) is 8.85. The Kier molecular flexibility index (Phi) is 9.85. The normalized spacial score (nSPS) is 15.4. The summed E-state index contributed by atoms with van der Waals surface area (Å²) in [5.74, 6) is 0.690. The molecule has 0 radical (unpaired) electrons. The van der Waals surface area contributed by atoms with Gasteiger partial charge in [0.2, 0.25) is 26.0 Å². The minimum absolute atomic E-state index is 0.103. The van der Waals surface area contributed by atoms with E-state index in [-0.39, 0.29) is 23.7 Å². The lowest BCUT2D eigenvalue weighted by Gasteiger charge is -2.28. The van der Waals surface area contributed by atoms with Crippen LogP contribution in [0.2, 0.25) is 0 Å². The van der Waals surface area contributed by atoms with Crippen LogP contribution < -0.4 is 23.8 Å². The highest BCUT2D eigenvalue weighted by Crippen LogP contribution is 2.33. The molecule has 13 heteroatoms. The molecule has 1 heterocycles. The molecule has 0 bridgehead atoms. The van der Waals surface area contributed by atoms with Gasteiger partial charge in [-0.25, -0.2) is 16.8 Å². The highest BCUT2D eigenvalue weighted by Gasteiger charge is 2.30. The van der Waals surface area contributed by atoms with Crippen LogP contribution in [-0.4, -0.2) is 79.8 Å². The topological polar surface area (TPSA) is 132 Å². The lowest BCUT2D eigenvalue weighted by Crippen LogP contribution is -2.48. The van der Waals surface area contributed by atoms with E-state index in [0.717, 1.165) is 29.8 Å². The van der Waals surface area contributed by atoms with Crippen LogP contribution in [0, 0.1) is 0 Å². The average Bonchev–Trinajstić information content (AvgIpc) is 2.90.